The van der Waals surface area contributed by atoms with Crippen molar-refractivity contribution in [2.24, 2.45) is 0 Å². The summed E-state index contributed by atoms with van der Waals surface area (Å²) in [5, 5.41) is 2.31. The molecule has 0 N–H and O–H groups in total. The quantitative estimate of drug-likeness (QED) is 0.779. The number of rotatable bonds is 5. The van der Waals surface area contributed by atoms with Crippen LogP contribution >= 0.6 is 0 Å². The molecule has 2 aromatic carbocycles. The van der Waals surface area contributed by atoms with Gasteiger partial charge in [-0.3, -0.25) is 9.69 Å². The standard InChI is InChI=1S/C24H30N2O3/c27-23(17-29-21-9-8-19-5-1-2-6-20(19)15-21)25-12-4-10-24(18-25)11-13-26(24)16-22-7-3-14-28-22/h1-2,5-6,8-9,15,22H,3-4,7,10-14,16-18H2/t22-,24-/m0/s1. The highest BCUT2D eigenvalue weighted by molar-refractivity contribution is 5.84. The van der Waals surface area contributed by atoms with Crippen LogP contribution in [-0.2, 0) is 9.53 Å². The second-order valence-corrected chi connectivity index (χ2v) is 8.77. The molecule has 0 unspecified atom stereocenters. The molecule has 5 heteroatoms. The number of benzene rings is 2. The zero-order valence-electron chi connectivity index (χ0n) is 17.0. The number of likely N-dealkylation sites (tertiary alicyclic amines) is 2. The van der Waals surface area contributed by atoms with Gasteiger partial charge in [-0.2, -0.15) is 0 Å². The largest absolute Gasteiger partial charge is 0.484 e. The lowest BCUT2D eigenvalue weighted by Crippen LogP contribution is -2.68. The Hall–Kier alpha value is -2.11. The van der Waals surface area contributed by atoms with E-state index in [4.69, 9.17) is 9.47 Å². The van der Waals surface area contributed by atoms with Crippen molar-refractivity contribution in [2.75, 3.05) is 39.4 Å². The smallest absolute Gasteiger partial charge is 0.260 e. The van der Waals surface area contributed by atoms with Crippen LogP contribution in [-0.4, -0.2) is 66.7 Å². The summed E-state index contributed by atoms with van der Waals surface area (Å²) in [6.45, 7) is 4.85. The van der Waals surface area contributed by atoms with Crippen LogP contribution in [0.1, 0.15) is 32.1 Å². The Morgan fingerprint density at radius 1 is 1.10 bits per heavy atom. The van der Waals surface area contributed by atoms with Crippen molar-refractivity contribution in [1.29, 1.82) is 0 Å². The van der Waals surface area contributed by atoms with Crippen LogP contribution in [0.15, 0.2) is 42.5 Å². The van der Waals surface area contributed by atoms with Crippen LogP contribution in [0.5, 0.6) is 5.75 Å². The van der Waals surface area contributed by atoms with E-state index in [-0.39, 0.29) is 18.1 Å². The third-order valence-corrected chi connectivity index (χ3v) is 6.96. The number of hydrogen-bond acceptors (Lipinski definition) is 4. The van der Waals surface area contributed by atoms with Crippen LogP contribution in [0.2, 0.25) is 0 Å². The lowest BCUT2D eigenvalue weighted by molar-refractivity contribution is -0.143. The van der Waals surface area contributed by atoms with E-state index in [1.54, 1.807) is 0 Å². The summed E-state index contributed by atoms with van der Waals surface area (Å²) >= 11 is 0. The van der Waals surface area contributed by atoms with Crippen molar-refractivity contribution in [2.45, 2.75) is 43.7 Å². The first-order chi connectivity index (χ1) is 14.2. The number of amides is 1. The first-order valence-electron chi connectivity index (χ1n) is 11.0. The molecule has 0 bridgehead atoms. The first kappa shape index (κ1) is 18.9. The van der Waals surface area contributed by atoms with Crippen LogP contribution in [0.25, 0.3) is 10.8 Å². The summed E-state index contributed by atoms with van der Waals surface area (Å²) in [5.74, 6) is 0.855. The molecule has 0 saturated carbocycles. The second-order valence-electron chi connectivity index (χ2n) is 8.77. The molecule has 5 rings (SSSR count). The lowest BCUT2D eigenvalue weighted by Gasteiger charge is -2.57. The molecule has 1 spiro atoms. The number of hydrogen-bond donors (Lipinski definition) is 0. The zero-order chi connectivity index (χ0) is 19.7. The first-order valence-corrected chi connectivity index (χ1v) is 11.0. The maximum atomic E-state index is 12.9. The average Bonchev–Trinajstić information content (AvgIpc) is 3.28. The predicted octanol–water partition coefficient (Wildman–Crippen LogP) is 3.46. The molecule has 0 aliphatic carbocycles. The van der Waals surface area contributed by atoms with E-state index in [0.29, 0.717) is 6.10 Å². The van der Waals surface area contributed by atoms with Gasteiger partial charge in [0.15, 0.2) is 6.61 Å². The number of piperidine rings is 1. The third kappa shape index (κ3) is 3.86. The van der Waals surface area contributed by atoms with Crippen LogP contribution < -0.4 is 4.74 Å². The predicted molar refractivity (Wildman–Crippen MR) is 113 cm³/mol. The minimum atomic E-state index is 0.0983. The Labute approximate surface area is 172 Å². The van der Waals surface area contributed by atoms with Crippen LogP contribution in [0.3, 0.4) is 0 Å². The van der Waals surface area contributed by atoms with Crippen molar-refractivity contribution in [3.05, 3.63) is 42.5 Å². The van der Waals surface area contributed by atoms with Crippen molar-refractivity contribution < 1.29 is 14.3 Å². The molecular weight excluding hydrogens is 364 g/mol. The van der Waals surface area contributed by atoms with Crippen molar-refractivity contribution >= 4 is 16.7 Å². The minimum Gasteiger partial charge on any atom is -0.484 e. The van der Waals surface area contributed by atoms with Crippen LogP contribution in [0, 0.1) is 0 Å². The highest BCUT2D eigenvalue weighted by Gasteiger charge is 2.48. The van der Waals surface area contributed by atoms with E-state index in [0.717, 1.165) is 50.3 Å². The van der Waals surface area contributed by atoms with Gasteiger partial charge in [-0.1, -0.05) is 30.3 Å². The molecule has 3 aliphatic heterocycles. The fourth-order valence-electron chi connectivity index (χ4n) is 5.19. The molecule has 3 heterocycles. The second kappa shape index (κ2) is 7.96. The van der Waals surface area contributed by atoms with E-state index in [1.807, 2.05) is 35.2 Å². The monoisotopic (exact) mass is 394 g/mol. The molecule has 5 nitrogen and oxygen atoms in total. The number of carbonyl (C=O) groups excluding carboxylic acids is 1. The fourth-order valence-corrected chi connectivity index (χ4v) is 5.19. The SMILES string of the molecule is O=C(COc1ccc2ccccc2c1)N1CCC[C@]2(CCN2C[C@@H]2CCCO2)C1. The molecule has 154 valence electrons. The summed E-state index contributed by atoms with van der Waals surface area (Å²) in [4.78, 5) is 17.5. The normalized spacial score (nSPS) is 27.3. The number of carbonyl (C=O) groups is 1. The van der Waals surface area contributed by atoms with E-state index in [1.165, 1.54) is 31.1 Å². The Morgan fingerprint density at radius 3 is 2.79 bits per heavy atom. The molecule has 0 radical (unpaired) electrons. The third-order valence-electron chi connectivity index (χ3n) is 6.96. The highest BCUT2D eigenvalue weighted by Crippen LogP contribution is 2.39. The maximum absolute atomic E-state index is 12.9. The molecule has 2 atom stereocenters. The zero-order valence-corrected chi connectivity index (χ0v) is 17.0. The van der Waals surface area contributed by atoms with Crippen LogP contribution in [0.4, 0.5) is 0 Å². The summed E-state index contributed by atoms with van der Waals surface area (Å²) in [6.07, 6.45) is 6.19. The number of nitrogens with zero attached hydrogens (tertiary/aromatic N) is 2. The van der Waals surface area contributed by atoms with Crippen molar-refractivity contribution in [3.8, 4) is 5.75 Å². The van der Waals surface area contributed by atoms with Gasteiger partial charge in [0.1, 0.15) is 5.75 Å². The molecule has 2 aromatic rings. The number of fused-ring (bicyclic) bond motifs is 1. The summed E-state index contributed by atoms with van der Waals surface area (Å²) < 4.78 is 11.7. The van der Waals surface area contributed by atoms with Gasteiger partial charge in [0.05, 0.1) is 6.10 Å². The molecule has 3 fully saturated rings. The molecule has 3 aliphatic rings. The molecule has 29 heavy (non-hydrogen) atoms. The van der Waals surface area contributed by atoms with Gasteiger partial charge in [0.2, 0.25) is 0 Å². The van der Waals surface area contributed by atoms with Gasteiger partial charge in [-0.15, -0.1) is 0 Å². The van der Waals surface area contributed by atoms with E-state index in [9.17, 15) is 4.79 Å². The average molecular weight is 395 g/mol. The van der Waals surface area contributed by atoms with Gasteiger partial charge < -0.3 is 14.4 Å². The Morgan fingerprint density at radius 2 is 2.00 bits per heavy atom. The van der Waals surface area contributed by atoms with Crippen molar-refractivity contribution in [3.63, 3.8) is 0 Å². The minimum absolute atomic E-state index is 0.0983. The van der Waals surface area contributed by atoms with Gasteiger partial charge in [-0.05, 0) is 55.0 Å². The highest BCUT2D eigenvalue weighted by atomic mass is 16.5. The molecule has 0 aromatic heterocycles. The van der Waals surface area contributed by atoms with Gasteiger partial charge in [-0.25, -0.2) is 0 Å². The Balaban J connectivity index is 1.18. The Kier molecular flexibility index (Phi) is 5.18. The van der Waals surface area contributed by atoms with E-state index < -0.39 is 0 Å². The number of ether oxygens (including phenoxy) is 2. The fraction of sp³-hybridized carbons (Fsp3) is 0.542. The maximum Gasteiger partial charge on any atom is 0.260 e. The molecule has 3 saturated heterocycles. The van der Waals surface area contributed by atoms with E-state index in [2.05, 4.69) is 17.0 Å². The Bertz CT molecular complexity index is 879. The van der Waals surface area contributed by atoms with Gasteiger partial charge in [0, 0.05) is 38.3 Å². The van der Waals surface area contributed by atoms with Gasteiger partial charge in [0.25, 0.3) is 5.91 Å². The summed E-state index contributed by atoms with van der Waals surface area (Å²) in [7, 11) is 0. The topological polar surface area (TPSA) is 42.0 Å². The lowest BCUT2D eigenvalue weighted by atomic mass is 9.77. The summed E-state index contributed by atoms with van der Waals surface area (Å²) in [5.41, 5.74) is 0.169. The van der Waals surface area contributed by atoms with Crippen molar-refractivity contribution in [1.82, 2.24) is 9.80 Å². The van der Waals surface area contributed by atoms with E-state index >= 15 is 0 Å². The van der Waals surface area contributed by atoms with Gasteiger partial charge >= 0.3 is 0 Å². The molecule has 1 amide bonds. The molecular formula is C24H30N2O3. The summed E-state index contributed by atoms with van der Waals surface area (Å²) in [6, 6.07) is 14.2.